The third-order valence-corrected chi connectivity index (χ3v) is 3.80. The average Bonchev–Trinajstić information content (AvgIpc) is 2.06. The normalized spacial score (nSPS) is 17.4. The van der Waals surface area contributed by atoms with Crippen molar-refractivity contribution in [2.75, 3.05) is 23.7 Å². The van der Waals surface area contributed by atoms with E-state index in [1.54, 1.807) is 0 Å². The van der Waals surface area contributed by atoms with Gasteiger partial charge >= 0.3 is 0 Å². The molecule has 0 aliphatic carbocycles. The number of anilines is 2. The maximum atomic E-state index is 5.90. The number of hydrogen-bond donors (Lipinski definition) is 1. The second-order valence-corrected chi connectivity index (χ2v) is 6.08. The first-order valence-electron chi connectivity index (χ1n) is 5.68. The topological polar surface area (TPSA) is 29.3 Å². The maximum Gasteiger partial charge on any atom is 0.0636 e. The Bertz CT molecular complexity index is 389. The van der Waals surface area contributed by atoms with Crippen molar-refractivity contribution in [1.29, 1.82) is 0 Å². The monoisotopic (exact) mass is 238 g/mol. The number of rotatable bonds is 1. The van der Waals surface area contributed by atoms with Gasteiger partial charge < -0.3 is 10.6 Å². The van der Waals surface area contributed by atoms with Crippen LogP contribution in [0.2, 0.25) is 5.02 Å². The van der Waals surface area contributed by atoms with Crippen molar-refractivity contribution in [3.63, 3.8) is 0 Å². The molecule has 2 rings (SSSR count). The summed E-state index contributed by atoms with van der Waals surface area (Å²) in [5, 5.41) is 0.636. The molecule has 0 aromatic heterocycles. The fourth-order valence-electron chi connectivity index (χ4n) is 1.96. The fourth-order valence-corrected chi connectivity index (χ4v) is 2.08. The van der Waals surface area contributed by atoms with Crippen molar-refractivity contribution in [3.05, 3.63) is 23.2 Å². The number of nitrogen functional groups attached to an aromatic ring is 1. The van der Waals surface area contributed by atoms with Gasteiger partial charge in [-0.25, -0.2) is 0 Å². The van der Waals surface area contributed by atoms with Crippen molar-refractivity contribution in [1.82, 2.24) is 0 Å². The van der Waals surface area contributed by atoms with Gasteiger partial charge in [0.2, 0.25) is 0 Å². The van der Waals surface area contributed by atoms with Crippen molar-refractivity contribution in [2.45, 2.75) is 20.8 Å². The number of hydrogen-bond acceptors (Lipinski definition) is 2. The van der Waals surface area contributed by atoms with Gasteiger partial charge in [-0.3, -0.25) is 0 Å². The van der Waals surface area contributed by atoms with Crippen molar-refractivity contribution in [3.8, 4) is 0 Å². The quantitative estimate of drug-likeness (QED) is 0.760. The number of halogens is 1. The first kappa shape index (κ1) is 11.6. The lowest BCUT2D eigenvalue weighted by atomic mass is 9.76. The van der Waals surface area contributed by atoms with Gasteiger partial charge in [0, 0.05) is 18.8 Å². The van der Waals surface area contributed by atoms with E-state index in [1.807, 2.05) is 18.2 Å². The molecule has 1 aliphatic rings. The van der Waals surface area contributed by atoms with Gasteiger partial charge in [-0.05, 0) is 29.5 Å². The Balaban J connectivity index is 2.04. The van der Waals surface area contributed by atoms with E-state index in [4.69, 9.17) is 17.3 Å². The number of benzene rings is 1. The number of nitrogens with zero attached hydrogens (tertiary/aromatic N) is 1. The zero-order chi connectivity index (χ0) is 11.9. The Morgan fingerprint density at radius 2 is 1.94 bits per heavy atom. The summed E-state index contributed by atoms with van der Waals surface area (Å²) in [5.41, 5.74) is 8.04. The summed E-state index contributed by atoms with van der Waals surface area (Å²) in [7, 11) is 0. The minimum atomic E-state index is 0.397. The van der Waals surface area contributed by atoms with Crippen LogP contribution in [0.1, 0.15) is 20.8 Å². The molecule has 1 saturated heterocycles. The molecule has 0 atom stereocenters. The van der Waals surface area contributed by atoms with Crippen LogP contribution in [0.3, 0.4) is 0 Å². The first-order chi connectivity index (χ1) is 7.38. The van der Waals surface area contributed by atoms with Gasteiger partial charge in [0.05, 0.1) is 10.7 Å². The molecule has 0 bridgehead atoms. The van der Waals surface area contributed by atoms with Crippen LogP contribution in [0.4, 0.5) is 11.4 Å². The molecule has 0 saturated carbocycles. The predicted molar refractivity (Wildman–Crippen MR) is 71.0 cm³/mol. The van der Waals surface area contributed by atoms with Crippen molar-refractivity contribution in [2.24, 2.45) is 11.3 Å². The molecule has 0 unspecified atom stereocenters. The highest BCUT2D eigenvalue weighted by Crippen LogP contribution is 2.37. The third-order valence-electron chi connectivity index (χ3n) is 3.45. The highest BCUT2D eigenvalue weighted by molar-refractivity contribution is 6.33. The Morgan fingerprint density at radius 3 is 2.44 bits per heavy atom. The molecular formula is C13H19ClN2. The SMILES string of the molecule is CC(C)(C)C1CN(c2ccc(Cl)c(N)c2)C1. The molecule has 0 spiro atoms. The molecule has 1 aromatic rings. The van der Waals surface area contributed by atoms with E-state index >= 15 is 0 Å². The summed E-state index contributed by atoms with van der Waals surface area (Å²) < 4.78 is 0. The summed E-state index contributed by atoms with van der Waals surface area (Å²) in [6, 6.07) is 5.87. The zero-order valence-electron chi connectivity index (χ0n) is 10.1. The van der Waals surface area contributed by atoms with Crippen LogP contribution in [0, 0.1) is 11.3 Å². The van der Waals surface area contributed by atoms with Gasteiger partial charge in [-0.1, -0.05) is 32.4 Å². The lowest BCUT2D eigenvalue weighted by molar-refractivity contribution is 0.195. The Morgan fingerprint density at radius 1 is 1.31 bits per heavy atom. The van der Waals surface area contributed by atoms with Crippen LogP contribution in [-0.2, 0) is 0 Å². The Labute approximate surface area is 102 Å². The van der Waals surface area contributed by atoms with Crippen LogP contribution < -0.4 is 10.6 Å². The molecular weight excluding hydrogens is 220 g/mol. The average molecular weight is 239 g/mol. The smallest absolute Gasteiger partial charge is 0.0636 e. The highest BCUT2D eigenvalue weighted by atomic mass is 35.5. The molecule has 2 N–H and O–H groups in total. The predicted octanol–water partition coefficient (Wildman–Crippen LogP) is 3.40. The molecule has 1 aromatic carbocycles. The minimum Gasteiger partial charge on any atom is -0.397 e. The Kier molecular flexibility index (Phi) is 2.79. The molecule has 16 heavy (non-hydrogen) atoms. The molecule has 1 aliphatic heterocycles. The van der Waals surface area contributed by atoms with E-state index in [-0.39, 0.29) is 0 Å². The molecule has 1 heterocycles. The second-order valence-electron chi connectivity index (χ2n) is 5.67. The van der Waals surface area contributed by atoms with Crippen molar-refractivity contribution >= 4 is 23.0 Å². The third kappa shape index (κ3) is 2.12. The summed E-state index contributed by atoms with van der Waals surface area (Å²) in [5.74, 6) is 0.768. The van der Waals surface area contributed by atoms with E-state index in [9.17, 15) is 0 Å². The minimum absolute atomic E-state index is 0.397. The summed E-state index contributed by atoms with van der Waals surface area (Å²) in [6.45, 7) is 9.12. The molecule has 1 fully saturated rings. The van der Waals surface area contributed by atoms with Gasteiger partial charge in [-0.2, -0.15) is 0 Å². The molecule has 2 nitrogen and oxygen atoms in total. The largest absolute Gasteiger partial charge is 0.397 e. The first-order valence-corrected chi connectivity index (χ1v) is 6.05. The van der Waals surface area contributed by atoms with E-state index in [2.05, 4.69) is 25.7 Å². The summed E-state index contributed by atoms with van der Waals surface area (Å²) in [4.78, 5) is 2.35. The second kappa shape index (κ2) is 3.85. The van der Waals surface area contributed by atoms with E-state index < -0.39 is 0 Å². The van der Waals surface area contributed by atoms with Gasteiger partial charge in [0.1, 0.15) is 0 Å². The van der Waals surface area contributed by atoms with E-state index in [1.165, 1.54) is 5.69 Å². The lowest BCUT2D eigenvalue weighted by Crippen LogP contribution is -2.52. The molecule has 0 radical (unpaired) electrons. The zero-order valence-corrected chi connectivity index (χ0v) is 10.9. The van der Waals surface area contributed by atoms with Gasteiger partial charge in [0.25, 0.3) is 0 Å². The maximum absolute atomic E-state index is 5.90. The highest BCUT2D eigenvalue weighted by Gasteiger charge is 2.35. The molecule has 88 valence electrons. The van der Waals surface area contributed by atoms with Crippen molar-refractivity contribution < 1.29 is 0 Å². The van der Waals surface area contributed by atoms with E-state index in [0.29, 0.717) is 16.1 Å². The van der Waals surface area contributed by atoms with E-state index in [0.717, 1.165) is 19.0 Å². The fraction of sp³-hybridized carbons (Fsp3) is 0.538. The van der Waals surface area contributed by atoms with Crippen LogP contribution in [-0.4, -0.2) is 13.1 Å². The van der Waals surface area contributed by atoms with Crippen LogP contribution >= 0.6 is 11.6 Å². The molecule has 3 heteroatoms. The Hall–Kier alpha value is -0.890. The number of nitrogens with two attached hydrogens (primary N) is 1. The standard InChI is InChI=1S/C13H19ClN2/c1-13(2,3)9-7-16(8-9)10-4-5-11(14)12(15)6-10/h4-6,9H,7-8,15H2,1-3H3. The molecule has 0 amide bonds. The van der Waals surface area contributed by atoms with Crippen LogP contribution in [0.15, 0.2) is 18.2 Å². The van der Waals surface area contributed by atoms with Crippen LogP contribution in [0.5, 0.6) is 0 Å². The summed E-state index contributed by atoms with van der Waals surface area (Å²) in [6.07, 6.45) is 0. The van der Waals surface area contributed by atoms with Gasteiger partial charge in [-0.15, -0.1) is 0 Å². The summed E-state index contributed by atoms with van der Waals surface area (Å²) >= 11 is 5.90. The van der Waals surface area contributed by atoms with Gasteiger partial charge in [0.15, 0.2) is 0 Å². The lowest BCUT2D eigenvalue weighted by Gasteiger charge is -2.47. The van der Waals surface area contributed by atoms with Crippen LogP contribution in [0.25, 0.3) is 0 Å².